The number of nitrogens with zero attached hydrogens (tertiary/aromatic N) is 2. The van der Waals surface area contributed by atoms with Crippen molar-refractivity contribution >= 4 is 17.2 Å². The fourth-order valence-electron chi connectivity index (χ4n) is 2.46. The van der Waals surface area contributed by atoms with Crippen molar-refractivity contribution in [3.8, 4) is 0 Å². The van der Waals surface area contributed by atoms with Crippen LogP contribution >= 0.6 is 11.3 Å². The molecule has 0 saturated carbocycles. The second kappa shape index (κ2) is 6.97. The zero-order valence-electron chi connectivity index (χ0n) is 13.1. The molecule has 0 aliphatic heterocycles. The van der Waals surface area contributed by atoms with E-state index >= 15 is 0 Å². The highest BCUT2D eigenvalue weighted by Gasteiger charge is 2.19. The molecule has 0 aliphatic rings. The first-order valence-electron chi connectivity index (χ1n) is 7.41. The van der Waals surface area contributed by atoms with E-state index in [1.165, 1.54) is 6.07 Å². The van der Waals surface area contributed by atoms with Crippen molar-refractivity contribution in [2.75, 3.05) is 0 Å². The molecule has 0 unspecified atom stereocenters. The summed E-state index contributed by atoms with van der Waals surface area (Å²) in [5.41, 5.74) is 1.10. The molecule has 0 saturated heterocycles. The van der Waals surface area contributed by atoms with Crippen molar-refractivity contribution in [1.82, 2.24) is 9.47 Å². The number of amides is 1. The number of carbonyl (C=O) groups is 1. The Morgan fingerprint density at radius 1 is 1.12 bits per heavy atom. The van der Waals surface area contributed by atoms with E-state index in [0.29, 0.717) is 13.1 Å². The van der Waals surface area contributed by atoms with Crippen LogP contribution in [0.3, 0.4) is 0 Å². The van der Waals surface area contributed by atoms with Gasteiger partial charge < -0.3 is 9.47 Å². The lowest BCUT2D eigenvalue weighted by molar-refractivity contribution is 0.0727. The van der Waals surface area contributed by atoms with Gasteiger partial charge in [-0.1, -0.05) is 6.07 Å². The van der Waals surface area contributed by atoms with Crippen LogP contribution < -0.4 is 0 Å². The molecule has 2 heterocycles. The Bertz CT molecular complexity index is 843. The van der Waals surface area contributed by atoms with Crippen molar-refractivity contribution in [2.24, 2.45) is 7.05 Å². The Kier molecular flexibility index (Phi) is 4.76. The first kappa shape index (κ1) is 16.4. The zero-order valence-corrected chi connectivity index (χ0v) is 13.9. The molecule has 3 aromatic rings. The molecule has 0 N–H and O–H groups in total. The van der Waals surface area contributed by atoms with Crippen LogP contribution in [0.5, 0.6) is 0 Å². The number of thiophene rings is 1. The minimum absolute atomic E-state index is 0.139. The molecule has 0 radical (unpaired) electrons. The molecular formula is C18H16F2N2OS. The molecule has 2 aromatic heterocycles. The third-order valence-corrected chi connectivity index (χ3v) is 4.65. The van der Waals surface area contributed by atoms with Crippen molar-refractivity contribution in [3.63, 3.8) is 0 Å². The molecule has 3 nitrogen and oxygen atoms in total. The van der Waals surface area contributed by atoms with E-state index in [2.05, 4.69) is 0 Å². The maximum Gasteiger partial charge on any atom is 0.254 e. The van der Waals surface area contributed by atoms with E-state index in [-0.39, 0.29) is 11.5 Å². The maximum atomic E-state index is 13.5. The minimum Gasteiger partial charge on any atom is -0.353 e. The highest BCUT2D eigenvalue weighted by Crippen LogP contribution is 2.18. The summed E-state index contributed by atoms with van der Waals surface area (Å²) in [6, 6.07) is 10.9. The average molecular weight is 346 g/mol. The number of aryl methyl sites for hydroxylation is 1. The van der Waals surface area contributed by atoms with Gasteiger partial charge in [-0.2, -0.15) is 0 Å². The smallest absolute Gasteiger partial charge is 0.254 e. The molecular weight excluding hydrogens is 330 g/mol. The molecule has 6 heteroatoms. The van der Waals surface area contributed by atoms with Gasteiger partial charge in [0.2, 0.25) is 0 Å². The van der Waals surface area contributed by atoms with Crippen LogP contribution in [0.2, 0.25) is 0 Å². The second-order valence-corrected chi connectivity index (χ2v) is 6.51. The number of hydrogen-bond donors (Lipinski definition) is 0. The fourth-order valence-corrected chi connectivity index (χ4v) is 3.18. The molecule has 0 fully saturated rings. The predicted octanol–water partition coefficient (Wildman–Crippen LogP) is 4.21. The molecule has 0 spiro atoms. The summed E-state index contributed by atoms with van der Waals surface area (Å²) in [7, 11) is 1.90. The highest BCUT2D eigenvalue weighted by atomic mass is 32.1. The average Bonchev–Trinajstić information content (AvgIpc) is 3.21. The first-order valence-corrected chi connectivity index (χ1v) is 8.29. The molecule has 24 heavy (non-hydrogen) atoms. The molecule has 1 amide bonds. The summed E-state index contributed by atoms with van der Waals surface area (Å²) in [5.74, 6) is -2.31. The van der Waals surface area contributed by atoms with E-state index in [1.807, 2.05) is 47.5 Å². The lowest BCUT2D eigenvalue weighted by Gasteiger charge is -2.23. The number of rotatable bonds is 5. The van der Waals surface area contributed by atoms with Gasteiger partial charge in [0.05, 0.1) is 13.1 Å². The molecule has 3 rings (SSSR count). The van der Waals surface area contributed by atoms with Gasteiger partial charge in [-0.15, -0.1) is 11.3 Å². The largest absolute Gasteiger partial charge is 0.353 e. The molecule has 1 aromatic carbocycles. The Morgan fingerprint density at radius 2 is 1.96 bits per heavy atom. The Morgan fingerprint density at radius 3 is 2.58 bits per heavy atom. The first-order chi connectivity index (χ1) is 11.5. The monoisotopic (exact) mass is 346 g/mol. The standard InChI is InChI=1S/C18H16F2N2OS/c1-21-8-2-4-14(21)11-22(12-15-5-3-9-24-15)18(23)13-6-7-16(19)17(20)10-13/h2-10H,11-12H2,1H3. The van der Waals surface area contributed by atoms with Crippen LogP contribution in [0.1, 0.15) is 20.9 Å². The summed E-state index contributed by atoms with van der Waals surface area (Å²) in [6.07, 6.45) is 1.90. The van der Waals surface area contributed by atoms with Crippen molar-refractivity contribution in [3.05, 3.63) is 81.8 Å². The van der Waals surface area contributed by atoms with Crippen LogP contribution in [0, 0.1) is 11.6 Å². The van der Waals surface area contributed by atoms with Gasteiger partial charge in [-0.05, 0) is 41.8 Å². The molecule has 0 atom stereocenters. The van der Waals surface area contributed by atoms with Crippen LogP contribution in [-0.4, -0.2) is 15.4 Å². The zero-order chi connectivity index (χ0) is 17.1. The van der Waals surface area contributed by atoms with Crippen LogP contribution in [0.25, 0.3) is 0 Å². The number of aromatic nitrogens is 1. The van der Waals surface area contributed by atoms with Crippen LogP contribution in [0.4, 0.5) is 8.78 Å². The number of benzene rings is 1. The van der Waals surface area contributed by atoms with Gasteiger partial charge >= 0.3 is 0 Å². The van der Waals surface area contributed by atoms with Gasteiger partial charge in [-0.3, -0.25) is 4.79 Å². The maximum absolute atomic E-state index is 13.5. The van der Waals surface area contributed by atoms with Gasteiger partial charge in [0.1, 0.15) is 0 Å². The van der Waals surface area contributed by atoms with Gasteiger partial charge in [0, 0.05) is 29.4 Å². The van der Waals surface area contributed by atoms with Gasteiger partial charge in [-0.25, -0.2) is 8.78 Å². The summed E-state index contributed by atoms with van der Waals surface area (Å²) in [5, 5.41) is 1.94. The molecule has 0 aliphatic carbocycles. The van der Waals surface area contributed by atoms with Crippen molar-refractivity contribution in [1.29, 1.82) is 0 Å². The number of halogens is 2. The van der Waals surface area contributed by atoms with Crippen molar-refractivity contribution in [2.45, 2.75) is 13.1 Å². The Balaban J connectivity index is 1.89. The van der Waals surface area contributed by atoms with E-state index in [1.54, 1.807) is 16.2 Å². The van der Waals surface area contributed by atoms with Gasteiger partial charge in [0.25, 0.3) is 5.91 Å². The third kappa shape index (κ3) is 3.54. The quantitative estimate of drug-likeness (QED) is 0.679. The van der Waals surface area contributed by atoms with Gasteiger partial charge in [0.15, 0.2) is 11.6 Å². The molecule has 0 bridgehead atoms. The van der Waals surface area contributed by atoms with E-state index in [4.69, 9.17) is 0 Å². The Labute approximate surface area is 142 Å². The fraction of sp³-hybridized carbons (Fsp3) is 0.167. The predicted molar refractivity (Wildman–Crippen MR) is 89.7 cm³/mol. The summed E-state index contributed by atoms with van der Waals surface area (Å²) < 4.78 is 28.5. The SMILES string of the molecule is Cn1cccc1CN(Cc1cccs1)C(=O)c1ccc(F)c(F)c1. The summed E-state index contributed by atoms with van der Waals surface area (Å²) in [6.45, 7) is 0.805. The normalized spacial score (nSPS) is 10.8. The van der Waals surface area contributed by atoms with Crippen LogP contribution in [-0.2, 0) is 20.1 Å². The third-order valence-electron chi connectivity index (χ3n) is 3.78. The van der Waals surface area contributed by atoms with E-state index in [9.17, 15) is 13.6 Å². The topological polar surface area (TPSA) is 25.2 Å². The highest BCUT2D eigenvalue weighted by molar-refractivity contribution is 7.09. The summed E-state index contributed by atoms with van der Waals surface area (Å²) in [4.78, 5) is 15.5. The van der Waals surface area contributed by atoms with Crippen molar-refractivity contribution < 1.29 is 13.6 Å². The number of hydrogen-bond acceptors (Lipinski definition) is 2. The molecule has 124 valence electrons. The van der Waals surface area contributed by atoms with Crippen LogP contribution in [0.15, 0.2) is 54.0 Å². The summed E-state index contributed by atoms with van der Waals surface area (Å²) >= 11 is 1.55. The minimum atomic E-state index is -1.02. The number of carbonyl (C=O) groups excluding carboxylic acids is 1. The second-order valence-electron chi connectivity index (χ2n) is 5.48. The Hall–Kier alpha value is -2.47. The van der Waals surface area contributed by atoms with E-state index < -0.39 is 11.6 Å². The lowest BCUT2D eigenvalue weighted by Crippen LogP contribution is -2.30. The van der Waals surface area contributed by atoms with E-state index in [0.717, 1.165) is 22.7 Å². The lowest BCUT2D eigenvalue weighted by atomic mass is 10.1.